The summed E-state index contributed by atoms with van der Waals surface area (Å²) in [5.41, 5.74) is 0.653. The summed E-state index contributed by atoms with van der Waals surface area (Å²) in [5, 5.41) is 8.25. The second-order valence-corrected chi connectivity index (χ2v) is 7.03. The van der Waals surface area contributed by atoms with Crippen LogP contribution in [0, 0.1) is 5.82 Å². The summed E-state index contributed by atoms with van der Waals surface area (Å²) < 4.78 is 18.5. The van der Waals surface area contributed by atoms with Crippen LogP contribution in [0.5, 0.6) is 0 Å². The fraction of sp³-hybridized carbons (Fsp3) is 0.471. The average Bonchev–Trinajstić information content (AvgIpc) is 3.02. The maximum absolute atomic E-state index is 12.9. The summed E-state index contributed by atoms with van der Waals surface area (Å²) in [6, 6.07) is 6.40. The first kappa shape index (κ1) is 17.0. The second kappa shape index (κ2) is 7.34. The van der Waals surface area contributed by atoms with Crippen LogP contribution in [0.25, 0.3) is 11.5 Å². The summed E-state index contributed by atoms with van der Waals surface area (Å²) in [6.45, 7) is 4.19. The fourth-order valence-electron chi connectivity index (χ4n) is 3.09. The van der Waals surface area contributed by atoms with Crippen molar-refractivity contribution in [2.75, 3.05) is 5.75 Å². The molecule has 7 heteroatoms. The van der Waals surface area contributed by atoms with E-state index in [9.17, 15) is 9.18 Å². The van der Waals surface area contributed by atoms with E-state index in [1.54, 1.807) is 12.1 Å². The standard InChI is InChI=1S/C17H20FN3O2S/c1-11-4-3-5-12(2)21(11)15(22)10-24-17-20-19-16(23-17)13-6-8-14(18)9-7-13/h6-9,11-12H,3-5,10H2,1-2H3/t11-,12-/m1/s1. The highest BCUT2D eigenvalue weighted by Crippen LogP contribution is 2.26. The molecule has 1 fully saturated rings. The van der Waals surface area contributed by atoms with Gasteiger partial charge in [-0.3, -0.25) is 4.79 Å². The van der Waals surface area contributed by atoms with Crippen molar-refractivity contribution in [3.05, 3.63) is 30.1 Å². The first-order valence-corrected chi connectivity index (χ1v) is 9.06. The molecule has 0 aliphatic carbocycles. The molecule has 1 aromatic heterocycles. The fourth-order valence-corrected chi connectivity index (χ4v) is 3.72. The largest absolute Gasteiger partial charge is 0.411 e. The SMILES string of the molecule is C[C@@H]1CCC[C@@H](C)N1C(=O)CSc1nnc(-c2ccc(F)cc2)o1. The lowest BCUT2D eigenvalue weighted by molar-refractivity contribution is -0.134. The number of carbonyl (C=O) groups excluding carboxylic acids is 1. The van der Waals surface area contributed by atoms with Gasteiger partial charge in [-0.2, -0.15) is 0 Å². The molecule has 2 heterocycles. The van der Waals surface area contributed by atoms with Gasteiger partial charge in [0.25, 0.3) is 5.22 Å². The van der Waals surface area contributed by atoms with E-state index in [1.807, 2.05) is 4.90 Å². The quantitative estimate of drug-likeness (QED) is 0.787. The number of halogens is 1. The van der Waals surface area contributed by atoms with E-state index in [2.05, 4.69) is 24.0 Å². The Morgan fingerprint density at radius 2 is 1.92 bits per heavy atom. The number of amides is 1. The van der Waals surface area contributed by atoms with Gasteiger partial charge in [0.05, 0.1) is 5.75 Å². The molecule has 2 atom stereocenters. The Balaban J connectivity index is 1.61. The second-order valence-electron chi connectivity index (χ2n) is 6.10. The van der Waals surface area contributed by atoms with Gasteiger partial charge in [-0.1, -0.05) is 11.8 Å². The summed E-state index contributed by atoms with van der Waals surface area (Å²) in [7, 11) is 0. The van der Waals surface area contributed by atoms with Crippen LogP contribution < -0.4 is 0 Å². The van der Waals surface area contributed by atoms with Gasteiger partial charge >= 0.3 is 0 Å². The predicted molar refractivity (Wildman–Crippen MR) is 90.0 cm³/mol. The predicted octanol–water partition coefficient (Wildman–Crippen LogP) is 3.76. The molecular formula is C17H20FN3O2S. The maximum atomic E-state index is 12.9. The van der Waals surface area contributed by atoms with Gasteiger partial charge in [-0.05, 0) is 57.4 Å². The zero-order valence-corrected chi connectivity index (χ0v) is 14.6. The molecule has 24 heavy (non-hydrogen) atoms. The van der Waals surface area contributed by atoms with Gasteiger partial charge in [0.1, 0.15) is 5.82 Å². The third-order valence-corrected chi connectivity index (χ3v) is 5.10. The van der Waals surface area contributed by atoms with Crippen LogP contribution in [0.15, 0.2) is 33.9 Å². The molecular weight excluding hydrogens is 329 g/mol. The molecule has 1 aliphatic rings. The molecule has 0 bridgehead atoms. The van der Waals surface area contributed by atoms with Gasteiger partial charge in [-0.15, -0.1) is 10.2 Å². The Kier molecular flexibility index (Phi) is 5.18. The maximum Gasteiger partial charge on any atom is 0.277 e. The molecule has 1 aliphatic heterocycles. The van der Waals surface area contributed by atoms with Gasteiger partial charge in [-0.25, -0.2) is 4.39 Å². The molecule has 3 rings (SSSR count). The van der Waals surface area contributed by atoms with Crippen LogP contribution >= 0.6 is 11.8 Å². The van der Waals surface area contributed by atoms with Gasteiger partial charge in [0.2, 0.25) is 11.8 Å². The Labute approximate surface area is 144 Å². The van der Waals surface area contributed by atoms with E-state index in [0.717, 1.165) is 12.8 Å². The number of likely N-dealkylation sites (tertiary alicyclic amines) is 1. The number of nitrogens with zero attached hydrogens (tertiary/aromatic N) is 3. The minimum absolute atomic E-state index is 0.0984. The first-order valence-electron chi connectivity index (χ1n) is 8.08. The van der Waals surface area contributed by atoms with Crippen LogP contribution in [-0.4, -0.2) is 38.8 Å². The number of rotatable bonds is 4. The van der Waals surface area contributed by atoms with E-state index in [4.69, 9.17) is 4.42 Å². The van der Waals surface area contributed by atoms with Crippen molar-refractivity contribution in [3.63, 3.8) is 0 Å². The smallest absolute Gasteiger partial charge is 0.277 e. The lowest BCUT2D eigenvalue weighted by atomic mass is 9.98. The van der Waals surface area contributed by atoms with Gasteiger partial charge < -0.3 is 9.32 Å². The summed E-state index contributed by atoms with van der Waals surface area (Å²) in [6.07, 6.45) is 3.27. The van der Waals surface area contributed by atoms with E-state index >= 15 is 0 Å². The summed E-state index contributed by atoms with van der Waals surface area (Å²) in [5.74, 6) is 0.383. The molecule has 0 spiro atoms. The number of benzene rings is 1. The van der Waals surface area contributed by atoms with Crippen molar-refractivity contribution in [1.82, 2.24) is 15.1 Å². The summed E-state index contributed by atoms with van der Waals surface area (Å²) in [4.78, 5) is 14.4. The van der Waals surface area contributed by atoms with Crippen molar-refractivity contribution in [2.45, 2.75) is 50.4 Å². The molecule has 0 saturated carbocycles. The molecule has 1 saturated heterocycles. The van der Waals surface area contributed by atoms with Crippen molar-refractivity contribution in [1.29, 1.82) is 0 Å². The third-order valence-electron chi connectivity index (χ3n) is 4.30. The Morgan fingerprint density at radius 3 is 2.58 bits per heavy atom. The molecule has 0 N–H and O–H groups in total. The van der Waals surface area contributed by atoms with Crippen molar-refractivity contribution in [2.24, 2.45) is 0 Å². The molecule has 128 valence electrons. The molecule has 0 radical (unpaired) electrons. The lowest BCUT2D eigenvalue weighted by Gasteiger charge is -2.39. The highest BCUT2D eigenvalue weighted by Gasteiger charge is 2.29. The van der Waals surface area contributed by atoms with Crippen LogP contribution in [0.2, 0.25) is 0 Å². The summed E-state index contributed by atoms with van der Waals surface area (Å²) >= 11 is 1.24. The highest BCUT2D eigenvalue weighted by atomic mass is 32.2. The Morgan fingerprint density at radius 1 is 1.25 bits per heavy atom. The van der Waals surface area contributed by atoms with Crippen LogP contribution in [0.1, 0.15) is 33.1 Å². The molecule has 1 aromatic carbocycles. The molecule has 1 amide bonds. The minimum Gasteiger partial charge on any atom is -0.411 e. The van der Waals surface area contributed by atoms with Crippen LogP contribution in [0.4, 0.5) is 4.39 Å². The monoisotopic (exact) mass is 349 g/mol. The molecule has 0 unspecified atom stereocenters. The van der Waals surface area contributed by atoms with Crippen LogP contribution in [0.3, 0.4) is 0 Å². The van der Waals surface area contributed by atoms with Crippen LogP contribution in [-0.2, 0) is 4.79 Å². The average molecular weight is 349 g/mol. The Bertz CT molecular complexity index is 694. The zero-order valence-electron chi connectivity index (χ0n) is 13.7. The number of hydrogen-bond donors (Lipinski definition) is 0. The van der Waals surface area contributed by atoms with Crippen molar-refractivity contribution < 1.29 is 13.6 Å². The van der Waals surface area contributed by atoms with Gasteiger partial charge in [0, 0.05) is 17.6 Å². The number of carbonyl (C=O) groups is 1. The minimum atomic E-state index is -0.316. The number of aromatic nitrogens is 2. The number of thioether (sulfide) groups is 1. The number of piperidine rings is 1. The topological polar surface area (TPSA) is 59.2 Å². The number of hydrogen-bond acceptors (Lipinski definition) is 5. The first-order chi connectivity index (χ1) is 11.5. The highest BCUT2D eigenvalue weighted by molar-refractivity contribution is 7.99. The normalized spacial score (nSPS) is 21.0. The van der Waals surface area contributed by atoms with E-state index in [-0.39, 0.29) is 29.6 Å². The van der Waals surface area contributed by atoms with E-state index < -0.39 is 0 Å². The van der Waals surface area contributed by atoms with E-state index in [1.165, 1.54) is 30.3 Å². The zero-order chi connectivity index (χ0) is 17.1. The van der Waals surface area contributed by atoms with Crippen molar-refractivity contribution in [3.8, 4) is 11.5 Å². The lowest BCUT2D eigenvalue weighted by Crippen LogP contribution is -2.48. The van der Waals surface area contributed by atoms with Crippen molar-refractivity contribution >= 4 is 17.7 Å². The molecule has 2 aromatic rings. The molecule has 5 nitrogen and oxygen atoms in total. The third kappa shape index (κ3) is 3.77. The van der Waals surface area contributed by atoms with Gasteiger partial charge in [0.15, 0.2) is 0 Å². The Hall–Kier alpha value is -1.89. The van der Waals surface area contributed by atoms with E-state index in [0.29, 0.717) is 16.7 Å².